The van der Waals surface area contributed by atoms with Crippen molar-refractivity contribution >= 4 is 51.7 Å². The number of piperidine rings is 1. The molecule has 1 fully saturated rings. The minimum absolute atomic E-state index is 0.0683. The molecule has 0 aliphatic carbocycles. The number of phenolic OH excluding ortho intramolecular Hbond substituents is 1. The van der Waals surface area contributed by atoms with Crippen LogP contribution >= 0.6 is 11.6 Å². The second-order valence-corrected chi connectivity index (χ2v) is 12.0. The minimum atomic E-state index is -0.868. The van der Waals surface area contributed by atoms with Crippen molar-refractivity contribution in [3.8, 4) is 17.0 Å². The van der Waals surface area contributed by atoms with Gasteiger partial charge in [0.2, 0.25) is 0 Å². The number of carbonyl (C=O) groups is 2. The van der Waals surface area contributed by atoms with E-state index in [-0.39, 0.29) is 23.3 Å². The van der Waals surface area contributed by atoms with E-state index in [2.05, 4.69) is 25.5 Å². The highest BCUT2D eigenvalue weighted by Crippen LogP contribution is 2.35. The number of phenols is 1. The van der Waals surface area contributed by atoms with E-state index >= 15 is 0 Å². The monoisotopic (exact) mass is 620 g/mol. The fraction of sp³-hybridized carbons (Fsp3) is 0.344. The van der Waals surface area contributed by atoms with Gasteiger partial charge in [0, 0.05) is 37.3 Å². The Morgan fingerprint density at radius 3 is 2.64 bits per heavy atom. The molecule has 1 aliphatic rings. The highest BCUT2D eigenvalue weighted by atomic mass is 35.5. The van der Waals surface area contributed by atoms with Crippen molar-refractivity contribution in [3.05, 3.63) is 65.2 Å². The summed E-state index contributed by atoms with van der Waals surface area (Å²) in [7, 11) is 0. The maximum atomic E-state index is 14.3. The summed E-state index contributed by atoms with van der Waals surface area (Å²) >= 11 is 6.01. The number of nitrogens with zero attached hydrogens (tertiary/aromatic N) is 4. The maximum Gasteiger partial charge on any atom is 0.407 e. The Hall–Kier alpha value is -4.51. The molecule has 1 atom stereocenters. The van der Waals surface area contributed by atoms with Gasteiger partial charge in [0.15, 0.2) is 17.3 Å². The molecule has 1 aromatic carbocycles. The number of aromatic hydroxyl groups is 1. The summed E-state index contributed by atoms with van der Waals surface area (Å²) in [5.74, 6) is -0.879. The van der Waals surface area contributed by atoms with Gasteiger partial charge >= 0.3 is 6.09 Å². The number of rotatable bonds is 7. The Morgan fingerprint density at radius 1 is 1.16 bits per heavy atom. The zero-order chi connectivity index (χ0) is 31.6. The van der Waals surface area contributed by atoms with Crippen molar-refractivity contribution in [2.45, 2.75) is 58.6 Å². The SMILES string of the molecule is CCC(=O)c1cnc2ccc(-c3cc(F)c(O)c(Cl)c3)nc2c1Nc1ccc(N2CCC[C@@H](NC(=O)OC(C)(C)C)C2)nc1. The lowest BCUT2D eigenvalue weighted by Crippen LogP contribution is -2.49. The van der Waals surface area contributed by atoms with Crippen LogP contribution in [0.25, 0.3) is 22.3 Å². The van der Waals surface area contributed by atoms with Gasteiger partial charge in [0.05, 0.1) is 39.4 Å². The first kappa shape index (κ1) is 30.9. The molecule has 0 saturated carbocycles. The number of carbonyl (C=O) groups excluding carboxylic acids is 2. The first-order valence-electron chi connectivity index (χ1n) is 14.4. The molecule has 1 aliphatic heterocycles. The van der Waals surface area contributed by atoms with Gasteiger partial charge in [-0.1, -0.05) is 18.5 Å². The number of benzene rings is 1. The fourth-order valence-corrected chi connectivity index (χ4v) is 5.25. The van der Waals surface area contributed by atoms with Crippen molar-refractivity contribution < 1.29 is 23.8 Å². The van der Waals surface area contributed by atoms with E-state index in [9.17, 15) is 19.1 Å². The Kier molecular flexibility index (Phi) is 8.87. The summed E-state index contributed by atoms with van der Waals surface area (Å²) < 4.78 is 19.7. The summed E-state index contributed by atoms with van der Waals surface area (Å²) in [6, 6.07) is 9.63. The molecule has 230 valence electrons. The van der Waals surface area contributed by atoms with E-state index in [4.69, 9.17) is 21.3 Å². The van der Waals surface area contributed by atoms with Crippen LogP contribution in [0.3, 0.4) is 0 Å². The number of ketones is 1. The van der Waals surface area contributed by atoms with Gasteiger partial charge in [-0.2, -0.15) is 0 Å². The molecular weight excluding hydrogens is 587 g/mol. The molecule has 3 N–H and O–H groups in total. The summed E-state index contributed by atoms with van der Waals surface area (Å²) in [4.78, 5) is 41.1. The van der Waals surface area contributed by atoms with Crippen LogP contribution in [-0.2, 0) is 4.74 Å². The van der Waals surface area contributed by atoms with Gasteiger partial charge in [-0.3, -0.25) is 9.78 Å². The normalized spacial score (nSPS) is 15.2. The highest BCUT2D eigenvalue weighted by Gasteiger charge is 2.25. The second kappa shape index (κ2) is 12.6. The van der Waals surface area contributed by atoms with E-state index in [0.717, 1.165) is 31.3 Å². The number of anilines is 3. The Balaban J connectivity index is 1.41. The molecule has 4 heterocycles. The topological polar surface area (TPSA) is 130 Å². The molecule has 0 radical (unpaired) electrons. The van der Waals surface area contributed by atoms with Gasteiger partial charge in [-0.05, 0) is 70.0 Å². The molecule has 0 spiro atoms. The predicted molar refractivity (Wildman–Crippen MR) is 168 cm³/mol. The van der Waals surface area contributed by atoms with Crippen LogP contribution in [0, 0.1) is 5.82 Å². The average Bonchev–Trinajstić information content (AvgIpc) is 2.98. The van der Waals surface area contributed by atoms with Crippen LogP contribution in [0.15, 0.2) is 48.8 Å². The molecule has 4 aromatic rings. The largest absolute Gasteiger partial charge is 0.504 e. The third-order valence-electron chi connectivity index (χ3n) is 7.13. The van der Waals surface area contributed by atoms with Crippen LogP contribution < -0.4 is 15.5 Å². The minimum Gasteiger partial charge on any atom is -0.504 e. The molecule has 0 unspecified atom stereocenters. The quantitative estimate of drug-likeness (QED) is 0.187. The second-order valence-electron chi connectivity index (χ2n) is 11.6. The van der Waals surface area contributed by atoms with E-state index in [1.165, 1.54) is 12.3 Å². The van der Waals surface area contributed by atoms with Crippen LogP contribution in [0.2, 0.25) is 5.02 Å². The predicted octanol–water partition coefficient (Wildman–Crippen LogP) is 7.02. The average molecular weight is 621 g/mol. The number of ether oxygens (including phenoxy) is 1. The van der Waals surface area contributed by atoms with Gasteiger partial charge in [-0.15, -0.1) is 0 Å². The number of alkyl carbamates (subject to hydrolysis) is 1. The Morgan fingerprint density at radius 2 is 1.95 bits per heavy atom. The van der Waals surface area contributed by atoms with Crippen molar-refractivity contribution in [1.82, 2.24) is 20.3 Å². The van der Waals surface area contributed by atoms with Crippen LogP contribution in [0.4, 0.5) is 26.4 Å². The Labute approximate surface area is 259 Å². The smallest absolute Gasteiger partial charge is 0.407 e. The molecule has 44 heavy (non-hydrogen) atoms. The molecule has 12 heteroatoms. The Bertz CT molecular complexity index is 1690. The first-order valence-corrected chi connectivity index (χ1v) is 14.8. The summed E-state index contributed by atoms with van der Waals surface area (Å²) in [6.07, 6.45) is 4.74. The number of hydrogen-bond donors (Lipinski definition) is 3. The number of Topliss-reactive ketones (excluding diaryl/α,β-unsaturated/α-hetero) is 1. The number of hydrogen-bond acceptors (Lipinski definition) is 9. The van der Waals surface area contributed by atoms with Gasteiger partial charge in [0.25, 0.3) is 0 Å². The van der Waals surface area contributed by atoms with Crippen LogP contribution in [-0.4, -0.2) is 56.7 Å². The van der Waals surface area contributed by atoms with Crippen LogP contribution in [0.1, 0.15) is 57.3 Å². The number of pyridine rings is 3. The third-order valence-corrected chi connectivity index (χ3v) is 7.42. The van der Waals surface area contributed by atoms with Gasteiger partial charge in [0.1, 0.15) is 16.9 Å². The van der Waals surface area contributed by atoms with Crippen molar-refractivity contribution in [1.29, 1.82) is 0 Å². The summed E-state index contributed by atoms with van der Waals surface area (Å²) in [6.45, 7) is 8.65. The zero-order valence-electron chi connectivity index (χ0n) is 24.9. The molecule has 1 saturated heterocycles. The standard InChI is InChI=1S/C32H34ClFN6O4/c1-5-26(41)21-16-35-25-10-9-24(18-13-22(33)30(42)23(34)14-18)39-29(25)28(21)37-19-8-11-27(36-15-19)40-12-6-7-20(17-40)38-31(43)44-32(2,3)4/h8-11,13-16,20,42H,5-7,12,17H2,1-4H3,(H,35,37)(H,38,43)/t20-/m1/s1. The van der Waals surface area contributed by atoms with E-state index in [1.54, 1.807) is 25.3 Å². The first-order chi connectivity index (χ1) is 20.9. The molecule has 3 aromatic heterocycles. The van der Waals surface area contributed by atoms with Gasteiger partial charge < -0.3 is 25.4 Å². The van der Waals surface area contributed by atoms with Gasteiger partial charge in [-0.25, -0.2) is 19.2 Å². The van der Waals surface area contributed by atoms with Crippen molar-refractivity contribution in [2.75, 3.05) is 23.3 Å². The fourth-order valence-electron chi connectivity index (χ4n) is 5.04. The number of fused-ring (bicyclic) bond motifs is 1. The molecule has 10 nitrogen and oxygen atoms in total. The zero-order valence-corrected chi connectivity index (χ0v) is 25.7. The number of nitrogens with one attached hydrogen (secondary N) is 2. The lowest BCUT2D eigenvalue weighted by molar-refractivity contribution is 0.0499. The number of amides is 1. The van der Waals surface area contributed by atoms with E-state index in [1.807, 2.05) is 32.9 Å². The lowest BCUT2D eigenvalue weighted by Gasteiger charge is -2.34. The summed E-state index contributed by atoms with van der Waals surface area (Å²) in [5.41, 5.74) is 2.53. The number of aromatic nitrogens is 3. The summed E-state index contributed by atoms with van der Waals surface area (Å²) in [5, 5.41) is 15.9. The number of halogens is 2. The van der Waals surface area contributed by atoms with Crippen molar-refractivity contribution in [3.63, 3.8) is 0 Å². The highest BCUT2D eigenvalue weighted by molar-refractivity contribution is 6.32. The molecule has 0 bridgehead atoms. The lowest BCUT2D eigenvalue weighted by atomic mass is 10.1. The molecular formula is C32H34ClFN6O4. The molecule has 5 rings (SSSR count). The third kappa shape index (κ3) is 6.99. The van der Waals surface area contributed by atoms with E-state index in [0.29, 0.717) is 45.8 Å². The van der Waals surface area contributed by atoms with Crippen molar-refractivity contribution in [2.24, 2.45) is 0 Å². The van der Waals surface area contributed by atoms with E-state index < -0.39 is 23.3 Å². The maximum absolute atomic E-state index is 14.3. The van der Waals surface area contributed by atoms with Crippen LogP contribution in [0.5, 0.6) is 5.75 Å². The molecule has 1 amide bonds.